The summed E-state index contributed by atoms with van der Waals surface area (Å²) in [6.45, 7) is 1.42. The number of fused-ring (bicyclic) bond motifs is 1. The minimum atomic E-state index is 0.00697. The number of anilines is 1. The van der Waals surface area contributed by atoms with Crippen LogP contribution in [0.2, 0.25) is 0 Å². The number of rotatable bonds is 8. The maximum atomic E-state index is 13.1. The van der Waals surface area contributed by atoms with E-state index in [2.05, 4.69) is 41.0 Å². The molecular formula is C28H29N3O3. The van der Waals surface area contributed by atoms with E-state index in [0.29, 0.717) is 24.5 Å². The van der Waals surface area contributed by atoms with Gasteiger partial charge in [-0.1, -0.05) is 42.5 Å². The Labute approximate surface area is 199 Å². The zero-order chi connectivity index (χ0) is 23.5. The van der Waals surface area contributed by atoms with Crippen LogP contribution in [0, 0.1) is 0 Å². The molecule has 0 bridgehead atoms. The van der Waals surface area contributed by atoms with Gasteiger partial charge in [0, 0.05) is 31.5 Å². The van der Waals surface area contributed by atoms with Crippen molar-refractivity contribution in [2.45, 2.75) is 31.7 Å². The Morgan fingerprint density at radius 3 is 2.56 bits per heavy atom. The maximum Gasteiger partial charge on any atom is 0.227 e. The van der Waals surface area contributed by atoms with Crippen LogP contribution in [-0.2, 0) is 17.8 Å². The number of nitrogens with zero attached hydrogens (tertiary/aromatic N) is 3. The molecule has 0 saturated carbocycles. The number of amides is 1. The predicted octanol–water partition coefficient (Wildman–Crippen LogP) is 5.21. The first-order chi connectivity index (χ1) is 16.7. The normalized spacial score (nSPS) is 15.8. The van der Waals surface area contributed by atoms with Gasteiger partial charge in [0.05, 0.1) is 30.9 Å². The van der Waals surface area contributed by atoms with Crippen LogP contribution in [-0.4, -0.2) is 36.2 Å². The van der Waals surface area contributed by atoms with Gasteiger partial charge in [-0.3, -0.25) is 4.79 Å². The first-order valence-electron chi connectivity index (χ1n) is 11.7. The second-order valence-corrected chi connectivity index (χ2v) is 8.64. The van der Waals surface area contributed by atoms with Crippen LogP contribution >= 0.6 is 0 Å². The Morgan fingerprint density at radius 1 is 0.971 bits per heavy atom. The summed E-state index contributed by atoms with van der Waals surface area (Å²) in [5.74, 6) is 2.41. The summed E-state index contributed by atoms with van der Waals surface area (Å²) in [6.07, 6.45) is 2.43. The van der Waals surface area contributed by atoms with Crippen molar-refractivity contribution in [2.24, 2.45) is 0 Å². The van der Waals surface area contributed by atoms with Gasteiger partial charge in [0.15, 0.2) is 0 Å². The number of carbonyl (C=O) groups excluding carboxylic acids is 1. The molecule has 0 radical (unpaired) electrons. The minimum Gasteiger partial charge on any atom is -0.497 e. The van der Waals surface area contributed by atoms with Crippen molar-refractivity contribution < 1.29 is 14.3 Å². The molecule has 174 valence electrons. The third-order valence-electron chi connectivity index (χ3n) is 6.54. The highest BCUT2D eigenvalue weighted by Gasteiger charge is 2.36. The number of methoxy groups -OCH3 is 2. The summed E-state index contributed by atoms with van der Waals surface area (Å²) >= 11 is 0. The van der Waals surface area contributed by atoms with Crippen LogP contribution in [0.1, 0.15) is 30.1 Å². The van der Waals surface area contributed by atoms with E-state index in [4.69, 9.17) is 14.5 Å². The minimum absolute atomic E-state index is 0.00697. The topological polar surface area (TPSA) is 56.6 Å². The van der Waals surface area contributed by atoms with Crippen LogP contribution in [0.5, 0.6) is 11.5 Å². The lowest BCUT2D eigenvalue weighted by Crippen LogP contribution is -2.25. The van der Waals surface area contributed by atoms with E-state index in [1.165, 1.54) is 5.56 Å². The van der Waals surface area contributed by atoms with E-state index in [9.17, 15) is 4.79 Å². The molecule has 1 saturated heterocycles. The molecule has 0 spiro atoms. The third-order valence-corrected chi connectivity index (χ3v) is 6.54. The Morgan fingerprint density at radius 2 is 1.76 bits per heavy atom. The van der Waals surface area contributed by atoms with Gasteiger partial charge in [0.25, 0.3) is 0 Å². The summed E-state index contributed by atoms with van der Waals surface area (Å²) in [4.78, 5) is 19.9. The van der Waals surface area contributed by atoms with Crippen LogP contribution in [0.3, 0.4) is 0 Å². The fourth-order valence-corrected chi connectivity index (χ4v) is 4.85. The van der Waals surface area contributed by atoms with E-state index < -0.39 is 0 Å². The lowest BCUT2D eigenvalue weighted by atomic mass is 10.1. The highest BCUT2D eigenvalue weighted by molar-refractivity contribution is 5.98. The fourth-order valence-electron chi connectivity index (χ4n) is 4.85. The first-order valence-corrected chi connectivity index (χ1v) is 11.7. The Balaban J connectivity index is 1.43. The van der Waals surface area contributed by atoms with Gasteiger partial charge in [0.1, 0.15) is 17.3 Å². The van der Waals surface area contributed by atoms with Crippen molar-refractivity contribution in [2.75, 3.05) is 25.7 Å². The van der Waals surface area contributed by atoms with Gasteiger partial charge in [-0.05, 0) is 42.7 Å². The SMILES string of the molecule is COc1ccc(OC)c(N2C[C@H](c3nc4ccccc4n3CCCc3ccccc3)CC2=O)c1. The van der Waals surface area contributed by atoms with E-state index in [1.807, 2.05) is 36.4 Å². The molecule has 1 aliphatic rings. The Hall–Kier alpha value is -3.80. The van der Waals surface area contributed by atoms with Gasteiger partial charge in [-0.15, -0.1) is 0 Å². The van der Waals surface area contributed by atoms with Crippen molar-refractivity contribution >= 4 is 22.6 Å². The molecule has 1 atom stereocenters. The molecule has 3 aromatic carbocycles. The quantitative estimate of drug-likeness (QED) is 0.366. The fraction of sp³-hybridized carbons (Fsp3) is 0.286. The number of aromatic nitrogens is 2. The second kappa shape index (κ2) is 9.59. The predicted molar refractivity (Wildman–Crippen MR) is 134 cm³/mol. The molecule has 5 rings (SSSR count). The molecule has 6 nitrogen and oxygen atoms in total. The largest absolute Gasteiger partial charge is 0.497 e. The second-order valence-electron chi connectivity index (χ2n) is 8.64. The smallest absolute Gasteiger partial charge is 0.227 e. The molecule has 1 amide bonds. The highest BCUT2D eigenvalue weighted by atomic mass is 16.5. The standard InChI is InChI=1S/C28H29N3O3/c1-33-22-14-15-26(34-2)25(18-22)31-19-21(17-27(31)32)28-29-23-12-6-7-13-24(23)30(28)16-8-11-20-9-4-3-5-10-20/h3-7,9-10,12-15,18,21H,8,11,16-17,19H2,1-2H3/t21-/m1/s1. The number of hydrogen-bond acceptors (Lipinski definition) is 4. The van der Waals surface area contributed by atoms with Crippen LogP contribution < -0.4 is 14.4 Å². The van der Waals surface area contributed by atoms with Crippen molar-refractivity contribution in [3.8, 4) is 11.5 Å². The zero-order valence-electron chi connectivity index (χ0n) is 19.6. The lowest BCUT2D eigenvalue weighted by molar-refractivity contribution is -0.117. The van der Waals surface area contributed by atoms with Crippen molar-refractivity contribution in [3.05, 3.63) is 84.2 Å². The summed E-state index contributed by atoms with van der Waals surface area (Å²) < 4.78 is 13.2. The van der Waals surface area contributed by atoms with Crippen LogP contribution in [0.25, 0.3) is 11.0 Å². The number of aryl methyl sites for hydroxylation is 2. The monoisotopic (exact) mass is 455 g/mol. The van der Waals surface area contributed by atoms with Gasteiger partial charge < -0.3 is 18.9 Å². The molecule has 1 aromatic heterocycles. The summed E-state index contributed by atoms with van der Waals surface area (Å²) in [6, 6.07) is 24.3. The molecule has 2 heterocycles. The van der Waals surface area contributed by atoms with Crippen LogP contribution in [0.4, 0.5) is 5.69 Å². The number of carbonyl (C=O) groups is 1. The van der Waals surface area contributed by atoms with Gasteiger partial charge in [-0.25, -0.2) is 4.98 Å². The van der Waals surface area contributed by atoms with Crippen LogP contribution in [0.15, 0.2) is 72.8 Å². The number of para-hydroxylation sites is 2. The Kier molecular flexibility index (Phi) is 6.21. The summed E-state index contributed by atoms with van der Waals surface area (Å²) in [7, 11) is 3.24. The number of hydrogen-bond donors (Lipinski definition) is 0. The van der Waals surface area contributed by atoms with E-state index >= 15 is 0 Å². The van der Waals surface area contributed by atoms with Gasteiger partial charge in [0.2, 0.25) is 5.91 Å². The lowest BCUT2D eigenvalue weighted by Gasteiger charge is -2.20. The van der Waals surface area contributed by atoms with E-state index in [1.54, 1.807) is 19.1 Å². The van der Waals surface area contributed by atoms with Crippen molar-refractivity contribution in [3.63, 3.8) is 0 Å². The van der Waals surface area contributed by atoms with E-state index in [-0.39, 0.29) is 11.8 Å². The zero-order valence-corrected chi connectivity index (χ0v) is 19.6. The van der Waals surface area contributed by atoms with E-state index in [0.717, 1.165) is 41.9 Å². The third kappa shape index (κ3) is 4.23. The summed E-state index contributed by atoms with van der Waals surface area (Å²) in [5, 5.41) is 0. The first kappa shape index (κ1) is 22.0. The highest BCUT2D eigenvalue weighted by Crippen LogP contribution is 2.39. The van der Waals surface area contributed by atoms with Gasteiger partial charge in [-0.2, -0.15) is 0 Å². The summed E-state index contributed by atoms with van der Waals surface area (Å²) in [5.41, 5.74) is 4.17. The molecule has 34 heavy (non-hydrogen) atoms. The Bertz CT molecular complexity index is 1300. The average molecular weight is 456 g/mol. The molecule has 1 fully saturated rings. The van der Waals surface area contributed by atoms with Crippen molar-refractivity contribution in [1.29, 1.82) is 0 Å². The number of ether oxygens (including phenoxy) is 2. The maximum absolute atomic E-state index is 13.1. The molecule has 0 unspecified atom stereocenters. The van der Waals surface area contributed by atoms with Crippen molar-refractivity contribution in [1.82, 2.24) is 9.55 Å². The number of benzene rings is 3. The molecule has 6 heteroatoms. The number of imidazole rings is 1. The van der Waals surface area contributed by atoms with Gasteiger partial charge >= 0.3 is 0 Å². The average Bonchev–Trinajstić information content (AvgIpc) is 3.44. The molecule has 4 aromatic rings. The molecule has 0 N–H and O–H groups in total. The molecular weight excluding hydrogens is 426 g/mol. The molecule has 0 aliphatic carbocycles. The molecule has 1 aliphatic heterocycles.